The summed E-state index contributed by atoms with van der Waals surface area (Å²) in [5.41, 5.74) is 0.0790. The topological polar surface area (TPSA) is 86.0 Å². The number of esters is 1. The van der Waals surface area contributed by atoms with Crippen molar-refractivity contribution in [2.45, 2.75) is 64.7 Å². The van der Waals surface area contributed by atoms with Gasteiger partial charge < -0.3 is 19.0 Å². The van der Waals surface area contributed by atoms with Crippen molar-refractivity contribution in [1.82, 2.24) is 0 Å². The summed E-state index contributed by atoms with van der Waals surface area (Å²) in [5.74, 6) is -0.327. The molecule has 1 N–H and O–H groups in total. The summed E-state index contributed by atoms with van der Waals surface area (Å²) in [6, 6.07) is 8.58. The van der Waals surface area contributed by atoms with E-state index in [0.717, 1.165) is 18.6 Å². The number of hydrogen-bond acceptors (Lipinski definition) is 6. The van der Waals surface area contributed by atoms with Crippen molar-refractivity contribution in [1.29, 1.82) is 0 Å². The van der Waals surface area contributed by atoms with Crippen LogP contribution in [0.3, 0.4) is 0 Å². The van der Waals surface area contributed by atoms with Crippen molar-refractivity contribution < 1.29 is 23.8 Å². The molecule has 2 rings (SSSR count). The Labute approximate surface area is 177 Å². The maximum Gasteiger partial charge on any atom is 0.343 e. The van der Waals surface area contributed by atoms with Crippen LogP contribution in [0.1, 0.15) is 74.7 Å². The highest BCUT2D eigenvalue weighted by atomic mass is 16.5. The van der Waals surface area contributed by atoms with Gasteiger partial charge in [0.15, 0.2) is 0 Å². The number of rotatable bonds is 12. The Bertz CT molecular complexity index is 853. The summed E-state index contributed by atoms with van der Waals surface area (Å²) < 4.78 is 15.7. The van der Waals surface area contributed by atoms with E-state index in [9.17, 15) is 14.7 Å². The SMILES string of the molecule is CCCCCCCCOc1ccc(C(CC(=O)OC)c2c(O)cc(C)oc2=O)cc1. The highest BCUT2D eigenvalue weighted by Crippen LogP contribution is 2.33. The van der Waals surface area contributed by atoms with Gasteiger partial charge in [0, 0.05) is 12.0 Å². The van der Waals surface area contributed by atoms with Crippen LogP contribution >= 0.6 is 0 Å². The maximum absolute atomic E-state index is 12.4. The molecule has 0 saturated heterocycles. The van der Waals surface area contributed by atoms with E-state index in [2.05, 4.69) is 6.92 Å². The molecule has 0 amide bonds. The molecule has 0 spiro atoms. The number of ether oxygens (including phenoxy) is 2. The van der Waals surface area contributed by atoms with Crippen LogP contribution in [-0.4, -0.2) is 24.8 Å². The third-order valence-electron chi connectivity index (χ3n) is 5.09. The summed E-state index contributed by atoms with van der Waals surface area (Å²) in [6.45, 7) is 4.44. The highest BCUT2D eigenvalue weighted by Gasteiger charge is 2.26. The average molecular weight is 417 g/mol. The molecule has 0 saturated carbocycles. The number of unbranched alkanes of at least 4 members (excludes halogenated alkanes) is 5. The van der Waals surface area contributed by atoms with Crippen LogP contribution in [0.2, 0.25) is 0 Å². The molecule has 30 heavy (non-hydrogen) atoms. The lowest BCUT2D eigenvalue weighted by Crippen LogP contribution is -2.18. The minimum absolute atomic E-state index is 0.0479. The second kappa shape index (κ2) is 12.1. The quantitative estimate of drug-likeness (QED) is 0.383. The Morgan fingerprint density at radius 2 is 1.77 bits per heavy atom. The largest absolute Gasteiger partial charge is 0.507 e. The number of aromatic hydroxyl groups is 1. The van der Waals surface area contributed by atoms with Gasteiger partial charge in [-0.05, 0) is 31.0 Å². The Hall–Kier alpha value is -2.76. The molecule has 0 bridgehead atoms. The minimum atomic E-state index is -0.679. The number of carbonyl (C=O) groups is 1. The van der Waals surface area contributed by atoms with Gasteiger partial charge in [0.25, 0.3) is 0 Å². The fourth-order valence-corrected chi connectivity index (χ4v) is 3.43. The van der Waals surface area contributed by atoms with Crippen LogP contribution < -0.4 is 10.4 Å². The van der Waals surface area contributed by atoms with E-state index in [1.807, 2.05) is 12.1 Å². The minimum Gasteiger partial charge on any atom is -0.507 e. The summed E-state index contributed by atoms with van der Waals surface area (Å²) in [5, 5.41) is 10.3. The lowest BCUT2D eigenvalue weighted by molar-refractivity contribution is -0.140. The van der Waals surface area contributed by atoms with Crippen molar-refractivity contribution in [3.63, 3.8) is 0 Å². The van der Waals surface area contributed by atoms with Gasteiger partial charge in [-0.25, -0.2) is 4.79 Å². The molecule has 0 aliphatic carbocycles. The first-order chi connectivity index (χ1) is 14.5. The molecule has 6 nitrogen and oxygen atoms in total. The molecule has 1 unspecified atom stereocenters. The molecule has 0 aliphatic rings. The molecular weight excluding hydrogens is 384 g/mol. The summed E-state index contributed by atoms with van der Waals surface area (Å²) in [6.07, 6.45) is 7.10. The Kier molecular flexibility index (Phi) is 9.45. The van der Waals surface area contributed by atoms with Crippen molar-refractivity contribution >= 4 is 5.97 Å². The van der Waals surface area contributed by atoms with Crippen molar-refractivity contribution in [3.8, 4) is 11.5 Å². The monoisotopic (exact) mass is 416 g/mol. The van der Waals surface area contributed by atoms with E-state index in [-0.39, 0.29) is 17.7 Å². The number of benzene rings is 1. The number of carbonyl (C=O) groups excluding carboxylic acids is 1. The van der Waals surface area contributed by atoms with E-state index in [0.29, 0.717) is 17.9 Å². The van der Waals surface area contributed by atoms with Gasteiger partial charge >= 0.3 is 11.6 Å². The molecule has 1 heterocycles. The number of hydrogen-bond donors (Lipinski definition) is 1. The first-order valence-corrected chi connectivity index (χ1v) is 10.6. The van der Waals surface area contributed by atoms with Gasteiger partial charge in [-0.2, -0.15) is 0 Å². The predicted molar refractivity (Wildman–Crippen MR) is 115 cm³/mol. The zero-order valence-corrected chi connectivity index (χ0v) is 18.1. The van der Waals surface area contributed by atoms with Gasteiger partial charge in [0.1, 0.15) is 17.3 Å². The lowest BCUT2D eigenvalue weighted by atomic mass is 9.89. The van der Waals surface area contributed by atoms with E-state index in [4.69, 9.17) is 13.9 Å². The number of aryl methyl sites for hydroxylation is 1. The third kappa shape index (κ3) is 6.94. The molecule has 6 heteroatoms. The second-order valence-electron chi connectivity index (χ2n) is 7.46. The van der Waals surface area contributed by atoms with Crippen LogP contribution in [0.15, 0.2) is 39.5 Å². The molecule has 1 aromatic heterocycles. The Balaban J connectivity index is 2.09. The second-order valence-corrected chi connectivity index (χ2v) is 7.46. The predicted octanol–water partition coefficient (Wildman–Crippen LogP) is 5.09. The summed E-state index contributed by atoms with van der Waals surface area (Å²) >= 11 is 0. The van der Waals surface area contributed by atoms with Gasteiger partial charge in [-0.3, -0.25) is 4.79 Å². The maximum atomic E-state index is 12.4. The van der Waals surface area contributed by atoms with E-state index in [1.54, 1.807) is 19.1 Å². The van der Waals surface area contributed by atoms with Gasteiger partial charge in [-0.1, -0.05) is 51.2 Å². The third-order valence-corrected chi connectivity index (χ3v) is 5.09. The number of methoxy groups -OCH3 is 1. The summed E-state index contributed by atoms with van der Waals surface area (Å²) in [7, 11) is 1.29. The normalized spacial score (nSPS) is 11.8. The van der Waals surface area contributed by atoms with Gasteiger partial charge in [-0.15, -0.1) is 0 Å². The standard InChI is InChI=1S/C24H32O6/c1-4-5-6-7-8-9-14-29-19-12-10-18(11-13-19)20(16-22(26)28-3)23-21(25)15-17(2)30-24(23)27/h10-13,15,20,25H,4-9,14,16H2,1-3H3. The molecule has 1 atom stereocenters. The first-order valence-electron chi connectivity index (χ1n) is 10.6. The first kappa shape index (κ1) is 23.5. The molecular formula is C24H32O6. The van der Waals surface area contributed by atoms with Gasteiger partial charge in [0.05, 0.1) is 25.7 Å². The van der Waals surface area contributed by atoms with E-state index >= 15 is 0 Å². The molecule has 0 aliphatic heterocycles. The molecule has 164 valence electrons. The Morgan fingerprint density at radius 3 is 2.40 bits per heavy atom. The van der Waals surface area contributed by atoms with Crippen LogP contribution in [0.5, 0.6) is 11.5 Å². The fourth-order valence-electron chi connectivity index (χ4n) is 3.43. The van der Waals surface area contributed by atoms with E-state index in [1.165, 1.54) is 38.9 Å². The van der Waals surface area contributed by atoms with Gasteiger partial charge in [0.2, 0.25) is 0 Å². The summed E-state index contributed by atoms with van der Waals surface area (Å²) in [4.78, 5) is 24.3. The highest BCUT2D eigenvalue weighted by molar-refractivity contribution is 5.71. The molecule has 2 aromatic rings. The average Bonchev–Trinajstić information content (AvgIpc) is 2.72. The van der Waals surface area contributed by atoms with Crippen LogP contribution in [-0.2, 0) is 9.53 Å². The zero-order valence-electron chi connectivity index (χ0n) is 18.1. The lowest BCUT2D eigenvalue weighted by Gasteiger charge is -2.17. The Morgan fingerprint density at radius 1 is 1.10 bits per heavy atom. The van der Waals surface area contributed by atoms with E-state index < -0.39 is 17.5 Å². The van der Waals surface area contributed by atoms with Crippen LogP contribution in [0.4, 0.5) is 0 Å². The van der Waals surface area contributed by atoms with Crippen molar-refractivity contribution in [2.24, 2.45) is 0 Å². The van der Waals surface area contributed by atoms with Crippen LogP contribution in [0.25, 0.3) is 0 Å². The van der Waals surface area contributed by atoms with Crippen LogP contribution in [0, 0.1) is 6.92 Å². The zero-order chi connectivity index (χ0) is 21.9. The van der Waals surface area contributed by atoms with Crippen molar-refractivity contribution in [3.05, 3.63) is 57.6 Å². The molecule has 0 fully saturated rings. The fraction of sp³-hybridized carbons (Fsp3) is 0.500. The smallest absolute Gasteiger partial charge is 0.343 e. The molecule has 0 radical (unpaired) electrons. The van der Waals surface area contributed by atoms with Crippen molar-refractivity contribution in [2.75, 3.05) is 13.7 Å². The molecule has 1 aromatic carbocycles.